The minimum absolute atomic E-state index is 0.0312. The van der Waals surface area contributed by atoms with Gasteiger partial charge in [-0.25, -0.2) is 4.79 Å². The van der Waals surface area contributed by atoms with E-state index in [1.54, 1.807) is 12.1 Å². The summed E-state index contributed by atoms with van der Waals surface area (Å²) in [5, 5.41) is 18.0. The number of alkyl carbamates (subject to hydrolysis) is 1. The molecule has 40 heavy (non-hydrogen) atoms. The third kappa shape index (κ3) is 11.3. The average molecular weight is 683 g/mol. The number of ether oxygens (including phenoxy) is 1. The number of phenolic OH excluding ortho intramolecular Hbond substituents is 1. The number of amides is 3. The van der Waals surface area contributed by atoms with Crippen LogP contribution in [0.15, 0.2) is 51.4 Å². The van der Waals surface area contributed by atoms with Crippen molar-refractivity contribution in [1.29, 1.82) is 0 Å². The highest BCUT2D eigenvalue weighted by atomic mass is 79.9. The number of carbonyl (C=O) groups is 4. The number of hydrogen-bond acceptors (Lipinski definition) is 6. The number of benzene rings is 2. The van der Waals surface area contributed by atoms with Crippen molar-refractivity contribution < 1.29 is 29.0 Å². The Bertz CT molecular complexity index is 1140. The van der Waals surface area contributed by atoms with Gasteiger partial charge in [-0.15, -0.1) is 0 Å². The number of halogens is 2. The molecule has 0 saturated carbocycles. The molecule has 0 aromatic heterocycles. The minimum atomic E-state index is -0.926. The topological polar surface area (TPSA) is 134 Å². The van der Waals surface area contributed by atoms with Crippen molar-refractivity contribution in [2.45, 2.75) is 71.7 Å². The number of nitrogens with one attached hydrogen (secondary N) is 3. The lowest BCUT2D eigenvalue weighted by atomic mass is 9.99. The molecule has 3 atom stereocenters. The second-order valence-corrected chi connectivity index (χ2v) is 12.2. The zero-order valence-corrected chi connectivity index (χ0v) is 26.3. The summed E-state index contributed by atoms with van der Waals surface area (Å²) in [4.78, 5) is 50.8. The molecular formula is C29H37Br2N3O6. The number of phenols is 1. The third-order valence-corrected chi connectivity index (χ3v) is 7.10. The molecule has 0 heterocycles. The summed E-state index contributed by atoms with van der Waals surface area (Å²) >= 11 is 6.53. The van der Waals surface area contributed by atoms with E-state index in [0.29, 0.717) is 33.6 Å². The zero-order valence-electron chi connectivity index (χ0n) is 23.1. The SMILES string of the molecule is CC(C)C[C@H](NC(=O)OCc1ccccc1)C(=O)N[C@@H](CC(C)C)C(=O)N[C@H](C=O)Cc1cc(Br)c(O)c(Br)c1. The molecule has 0 radical (unpaired) electrons. The van der Waals surface area contributed by atoms with E-state index in [1.165, 1.54) is 0 Å². The minimum Gasteiger partial charge on any atom is -0.506 e. The highest BCUT2D eigenvalue weighted by Gasteiger charge is 2.29. The van der Waals surface area contributed by atoms with Gasteiger partial charge in [-0.3, -0.25) is 9.59 Å². The van der Waals surface area contributed by atoms with E-state index in [1.807, 2.05) is 58.0 Å². The Morgan fingerprint density at radius 1 is 0.850 bits per heavy atom. The fourth-order valence-corrected chi connectivity index (χ4v) is 5.27. The molecule has 218 valence electrons. The van der Waals surface area contributed by atoms with Gasteiger partial charge >= 0.3 is 6.09 Å². The van der Waals surface area contributed by atoms with Gasteiger partial charge in [0.2, 0.25) is 11.8 Å². The molecule has 2 aromatic rings. The Hall–Kier alpha value is -2.92. The normalized spacial score (nSPS) is 13.3. The second kappa shape index (κ2) is 16.4. The van der Waals surface area contributed by atoms with Gasteiger partial charge in [0.25, 0.3) is 0 Å². The second-order valence-electron chi connectivity index (χ2n) is 10.4. The van der Waals surface area contributed by atoms with Crippen LogP contribution < -0.4 is 16.0 Å². The van der Waals surface area contributed by atoms with E-state index in [-0.39, 0.29) is 30.6 Å². The van der Waals surface area contributed by atoms with Crippen LogP contribution in [0.25, 0.3) is 0 Å². The number of rotatable bonds is 14. The molecular weight excluding hydrogens is 646 g/mol. The van der Waals surface area contributed by atoms with Crippen molar-refractivity contribution in [3.63, 3.8) is 0 Å². The fraction of sp³-hybridized carbons (Fsp3) is 0.448. The van der Waals surface area contributed by atoms with Crippen molar-refractivity contribution in [3.8, 4) is 5.75 Å². The third-order valence-electron chi connectivity index (χ3n) is 5.89. The Labute approximate surface area is 252 Å². The highest BCUT2D eigenvalue weighted by molar-refractivity contribution is 9.11. The summed E-state index contributed by atoms with van der Waals surface area (Å²) in [6.07, 6.45) is 0.740. The average Bonchev–Trinajstić information content (AvgIpc) is 2.89. The van der Waals surface area contributed by atoms with Crippen molar-refractivity contribution in [2.75, 3.05) is 0 Å². The van der Waals surface area contributed by atoms with E-state index in [2.05, 4.69) is 47.8 Å². The van der Waals surface area contributed by atoms with Gasteiger partial charge < -0.3 is 30.6 Å². The summed E-state index contributed by atoms with van der Waals surface area (Å²) in [6, 6.07) is 9.80. The molecule has 11 heteroatoms. The molecule has 0 aliphatic rings. The molecule has 9 nitrogen and oxygen atoms in total. The van der Waals surface area contributed by atoms with Crippen LogP contribution in [-0.2, 0) is 32.1 Å². The first kappa shape index (κ1) is 33.3. The smallest absolute Gasteiger partial charge is 0.408 e. The van der Waals surface area contributed by atoms with Crippen LogP contribution in [0.1, 0.15) is 51.7 Å². The van der Waals surface area contributed by atoms with Crippen molar-refractivity contribution in [1.82, 2.24) is 16.0 Å². The zero-order chi connectivity index (χ0) is 29.8. The molecule has 0 unspecified atom stereocenters. The summed E-state index contributed by atoms with van der Waals surface area (Å²) in [6.45, 7) is 7.73. The standard InChI is InChI=1S/C29H37Br2N3O6/c1-17(2)10-24(27(37)32-21(15-35)12-20-13-22(30)26(36)23(31)14-20)33-28(38)25(11-18(3)4)34-29(39)40-16-19-8-6-5-7-9-19/h5-9,13-15,17-18,21,24-25,36H,10-12,16H2,1-4H3,(H,32,37)(H,33,38)(H,34,39)/t21-,24-,25-/m0/s1. The molecule has 3 amide bonds. The lowest BCUT2D eigenvalue weighted by Gasteiger charge is -2.26. The van der Waals surface area contributed by atoms with E-state index in [4.69, 9.17) is 4.74 Å². The van der Waals surface area contributed by atoms with Crippen LogP contribution in [0, 0.1) is 11.8 Å². The predicted molar refractivity (Wildman–Crippen MR) is 160 cm³/mol. The van der Waals surface area contributed by atoms with Crippen molar-refractivity contribution in [3.05, 3.63) is 62.5 Å². The Morgan fingerprint density at radius 3 is 1.90 bits per heavy atom. The van der Waals surface area contributed by atoms with Crippen LogP contribution in [0.4, 0.5) is 4.79 Å². The quantitative estimate of drug-likeness (QED) is 0.207. The Kier molecular flexibility index (Phi) is 13.6. The number of aromatic hydroxyl groups is 1. The lowest BCUT2D eigenvalue weighted by Crippen LogP contribution is -2.55. The number of aldehydes is 1. The molecule has 0 fully saturated rings. The maximum atomic E-state index is 13.3. The van der Waals surface area contributed by atoms with E-state index >= 15 is 0 Å². The molecule has 0 aliphatic heterocycles. The predicted octanol–water partition coefficient (Wildman–Crippen LogP) is 5.02. The van der Waals surface area contributed by atoms with Gasteiger partial charge in [0, 0.05) is 0 Å². The highest BCUT2D eigenvalue weighted by Crippen LogP contribution is 2.33. The van der Waals surface area contributed by atoms with Crippen molar-refractivity contribution in [2.24, 2.45) is 11.8 Å². The molecule has 0 spiro atoms. The largest absolute Gasteiger partial charge is 0.506 e. The molecule has 2 aromatic carbocycles. The molecule has 0 bridgehead atoms. The van der Waals surface area contributed by atoms with Crippen LogP contribution in [0.2, 0.25) is 0 Å². The monoisotopic (exact) mass is 681 g/mol. The summed E-state index contributed by atoms with van der Waals surface area (Å²) < 4.78 is 6.18. The lowest BCUT2D eigenvalue weighted by molar-refractivity contribution is -0.131. The van der Waals surface area contributed by atoms with Gasteiger partial charge in [0.15, 0.2) is 0 Å². The maximum absolute atomic E-state index is 13.3. The van der Waals surface area contributed by atoms with Crippen LogP contribution in [0.5, 0.6) is 5.75 Å². The van der Waals surface area contributed by atoms with Gasteiger partial charge in [-0.1, -0.05) is 58.0 Å². The van der Waals surface area contributed by atoms with Crippen LogP contribution in [-0.4, -0.2) is 47.4 Å². The van der Waals surface area contributed by atoms with Gasteiger partial charge in [0.05, 0.1) is 15.0 Å². The molecule has 0 saturated heterocycles. The summed E-state index contributed by atoms with van der Waals surface area (Å²) in [5.74, 6) is -0.858. The van der Waals surface area contributed by atoms with E-state index < -0.39 is 36.0 Å². The Balaban J connectivity index is 2.09. The van der Waals surface area contributed by atoms with E-state index in [9.17, 15) is 24.3 Å². The van der Waals surface area contributed by atoms with Crippen LogP contribution >= 0.6 is 31.9 Å². The van der Waals surface area contributed by atoms with Gasteiger partial charge in [-0.05, 0) is 86.2 Å². The first-order chi connectivity index (χ1) is 18.9. The van der Waals surface area contributed by atoms with Gasteiger partial charge in [-0.2, -0.15) is 0 Å². The van der Waals surface area contributed by atoms with E-state index in [0.717, 1.165) is 5.56 Å². The Morgan fingerprint density at radius 2 is 1.38 bits per heavy atom. The molecule has 2 rings (SSSR count). The van der Waals surface area contributed by atoms with Crippen molar-refractivity contribution >= 4 is 56.1 Å². The molecule has 0 aliphatic carbocycles. The first-order valence-corrected chi connectivity index (χ1v) is 14.7. The summed E-state index contributed by atoms with van der Waals surface area (Å²) in [7, 11) is 0. The maximum Gasteiger partial charge on any atom is 0.408 e. The van der Waals surface area contributed by atoms with Gasteiger partial charge in [0.1, 0.15) is 30.7 Å². The number of hydrogen-bond donors (Lipinski definition) is 4. The van der Waals surface area contributed by atoms with Crippen LogP contribution in [0.3, 0.4) is 0 Å². The number of carbonyl (C=O) groups excluding carboxylic acids is 4. The first-order valence-electron chi connectivity index (χ1n) is 13.1. The fourth-order valence-electron chi connectivity index (χ4n) is 3.99. The molecule has 4 N–H and O–H groups in total. The summed E-state index contributed by atoms with van der Waals surface area (Å²) in [5.41, 5.74) is 1.52.